The molecule has 25 heavy (non-hydrogen) atoms. The Morgan fingerprint density at radius 2 is 2.08 bits per heavy atom. The van der Waals surface area contributed by atoms with Crippen molar-refractivity contribution in [3.8, 4) is 5.75 Å². The zero-order valence-electron chi connectivity index (χ0n) is 13.3. The molecule has 0 saturated heterocycles. The monoisotopic (exact) mass is 377 g/mol. The van der Waals surface area contributed by atoms with Crippen LogP contribution < -0.4 is 10.1 Å². The van der Waals surface area contributed by atoms with Crippen molar-refractivity contribution in [3.63, 3.8) is 0 Å². The second-order valence-electron chi connectivity index (χ2n) is 5.30. The van der Waals surface area contributed by atoms with Crippen LogP contribution in [0, 0.1) is 0 Å². The fraction of sp³-hybridized carbons (Fsp3) is 0.222. The van der Waals surface area contributed by atoms with E-state index in [0.717, 1.165) is 10.6 Å². The first-order valence-corrected chi connectivity index (χ1v) is 9.10. The number of carbonyl (C=O) groups is 2. The van der Waals surface area contributed by atoms with Crippen LogP contribution in [0.3, 0.4) is 0 Å². The van der Waals surface area contributed by atoms with Crippen molar-refractivity contribution in [2.45, 2.75) is 11.3 Å². The lowest BCUT2D eigenvalue weighted by molar-refractivity contribution is -0.115. The lowest BCUT2D eigenvalue weighted by Gasteiger charge is -2.10. The highest BCUT2D eigenvalue weighted by Crippen LogP contribution is 2.31. The molecule has 0 spiro atoms. The van der Waals surface area contributed by atoms with Gasteiger partial charge in [-0.15, -0.1) is 11.8 Å². The summed E-state index contributed by atoms with van der Waals surface area (Å²) < 4.78 is 10.7. The van der Waals surface area contributed by atoms with Crippen molar-refractivity contribution >= 4 is 40.9 Å². The van der Waals surface area contributed by atoms with Crippen LogP contribution in [0.15, 0.2) is 47.4 Å². The van der Waals surface area contributed by atoms with E-state index in [9.17, 15) is 9.59 Å². The maximum absolute atomic E-state index is 12.1. The molecule has 1 aliphatic heterocycles. The fourth-order valence-electron chi connectivity index (χ4n) is 2.28. The van der Waals surface area contributed by atoms with E-state index < -0.39 is 5.97 Å². The smallest absolute Gasteiger partial charge is 0.338 e. The summed E-state index contributed by atoms with van der Waals surface area (Å²) in [7, 11) is 0. The molecule has 0 bridgehead atoms. The first-order chi connectivity index (χ1) is 12.1. The van der Waals surface area contributed by atoms with E-state index in [-0.39, 0.29) is 19.1 Å². The summed E-state index contributed by atoms with van der Waals surface area (Å²) in [6.07, 6.45) is 0.458. The van der Waals surface area contributed by atoms with Crippen molar-refractivity contribution in [3.05, 3.63) is 53.1 Å². The summed E-state index contributed by atoms with van der Waals surface area (Å²) in [4.78, 5) is 24.7. The number of ether oxygens (including phenoxy) is 2. The van der Waals surface area contributed by atoms with E-state index in [1.807, 2.05) is 6.07 Å². The third-order valence-electron chi connectivity index (χ3n) is 3.46. The van der Waals surface area contributed by atoms with E-state index in [1.165, 1.54) is 0 Å². The topological polar surface area (TPSA) is 64.6 Å². The Hall–Kier alpha value is -2.18. The van der Waals surface area contributed by atoms with Crippen LogP contribution in [0.2, 0.25) is 5.02 Å². The number of hydrogen-bond acceptors (Lipinski definition) is 5. The van der Waals surface area contributed by atoms with Gasteiger partial charge in [0.25, 0.3) is 0 Å². The number of esters is 1. The van der Waals surface area contributed by atoms with Crippen molar-refractivity contribution < 1.29 is 19.1 Å². The number of fused-ring (bicyclic) bond motifs is 1. The van der Waals surface area contributed by atoms with Gasteiger partial charge in [0.2, 0.25) is 5.91 Å². The van der Waals surface area contributed by atoms with Gasteiger partial charge in [0.1, 0.15) is 19.0 Å². The molecule has 0 unspecified atom stereocenters. The average Bonchev–Trinajstić information content (AvgIpc) is 2.78. The van der Waals surface area contributed by atoms with Crippen LogP contribution in [0.5, 0.6) is 5.75 Å². The highest BCUT2D eigenvalue weighted by atomic mass is 35.5. The molecular weight excluding hydrogens is 362 g/mol. The molecule has 0 atom stereocenters. The molecule has 1 aliphatic rings. The van der Waals surface area contributed by atoms with E-state index in [2.05, 4.69) is 5.32 Å². The summed E-state index contributed by atoms with van der Waals surface area (Å²) in [5, 5.41) is 3.39. The third kappa shape index (κ3) is 4.90. The Morgan fingerprint density at radius 3 is 2.92 bits per heavy atom. The Morgan fingerprint density at radius 1 is 1.20 bits per heavy atom. The van der Waals surface area contributed by atoms with Crippen molar-refractivity contribution in [1.29, 1.82) is 0 Å². The molecule has 1 amide bonds. The number of anilines is 1. The van der Waals surface area contributed by atoms with E-state index in [4.69, 9.17) is 21.1 Å². The SMILES string of the molecule is O=C1CCSc2ccc(C(=O)OCCOc3cccc(Cl)c3)cc2N1. The van der Waals surface area contributed by atoms with Gasteiger partial charge in [-0.3, -0.25) is 4.79 Å². The summed E-state index contributed by atoms with van der Waals surface area (Å²) in [6, 6.07) is 12.2. The van der Waals surface area contributed by atoms with Crippen molar-refractivity contribution in [2.75, 3.05) is 24.3 Å². The number of benzene rings is 2. The molecule has 3 rings (SSSR count). The standard InChI is InChI=1S/C18H16ClNO4S/c19-13-2-1-3-14(11-13)23-7-8-24-18(22)12-4-5-16-15(10-12)20-17(21)6-9-25-16/h1-5,10-11H,6-9H2,(H,20,21). The zero-order chi connectivity index (χ0) is 17.6. The Kier molecular flexibility index (Phi) is 5.83. The molecule has 1 N–H and O–H groups in total. The van der Waals surface area contributed by atoms with Crippen molar-refractivity contribution in [1.82, 2.24) is 0 Å². The van der Waals surface area contributed by atoms with E-state index in [0.29, 0.717) is 28.4 Å². The van der Waals surface area contributed by atoms with Crippen molar-refractivity contribution in [2.24, 2.45) is 0 Å². The van der Waals surface area contributed by atoms with Gasteiger partial charge < -0.3 is 14.8 Å². The largest absolute Gasteiger partial charge is 0.490 e. The van der Waals surface area contributed by atoms with Gasteiger partial charge in [-0.2, -0.15) is 0 Å². The first kappa shape index (κ1) is 17.6. The number of hydrogen-bond donors (Lipinski definition) is 1. The minimum absolute atomic E-state index is 0.0494. The maximum atomic E-state index is 12.1. The number of halogens is 1. The lowest BCUT2D eigenvalue weighted by atomic mass is 10.2. The molecule has 130 valence electrons. The Bertz CT molecular complexity index is 796. The van der Waals surface area contributed by atoms with Crippen LogP contribution in [-0.4, -0.2) is 30.8 Å². The first-order valence-electron chi connectivity index (χ1n) is 7.74. The molecule has 0 radical (unpaired) electrons. The van der Waals surface area contributed by atoms with Gasteiger partial charge in [0, 0.05) is 22.1 Å². The molecule has 7 heteroatoms. The van der Waals surface area contributed by atoms with E-state index >= 15 is 0 Å². The predicted molar refractivity (Wildman–Crippen MR) is 97.6 cm³/mol. The Labute approximate surface area is 154 Å². The van der Waals surface area contributed by atoms with Crippen LogP contribution in [0.1, 0.15) is 16.8 Å². The molecule has 0 saturated carbocycles. The van der Waals surface area contributed by atoms with Crippen LogP contribution in [-0.2, 0) is 9.53 Å². The summed E-state index contributed by atoms with van der Waals surface area (Å²) >= 11 is 7.46. The highest BCUT2D eigenvalue weighted by Gasteiger charge is 2.16. The minimum atomic E-state index is -0.457. The van der Waals surface area contributed by atoms with Gasteiger partial charge in [0.15, 0.2) is 0 Å². The normalized spacial score (nSPS) is 13.4. The van der Waals surface area contributed by atoms with Crippen LogP contribution in [0.4, 0.5) is 5.69 Å². The van der Waals surface area contributed by atoms with Crippen LogP contribution >= 0.6 is 23.4 Å². The minimum Gasteiger partial charge on any atom is -0.490 e. The lowest BCUT2D eigenvalue weighted by Crippen LogP contribution is -2.14. The number of rotatable bonds is 5. The molecule has 0 fully saturated rings. The number of amides is 1. The fourth-order valence-corrected chi connectivity index (χ4v) is 3.40. The highest BCUT2D eigenvalue weighted by molar-refractivity contribution is 7.99. The number of thioether (sulfide) groups is 1. The zero-order valence-corrected chi connectivity index (χ0v) is 14.9. The van der Waals surface area contributed by atoms with Gasteiger partial charge in [-0.1, -0.05) is 17.7 Å². The third-order valence-corrected chi connectivity index (χ3v) is 4.77. The molecular formula is C18H16ClNO4S. The second-order valence-corrected chi connectivity index (χ2v) is 6.87. The van der Waals surface area contributed by atoms with Gasteiger partial charge in [0.05, 0.1) is 11.3 Å². The Balaban J connectivity index is 1.54. The quantitative estimate of drug-likeness (QED) is 0.630. The van der Waals surface area contributed by atoms with E-state index in [1.54, 1.807) is 48.2 Å². The van der Waals surface area contributed by atoms with Gasteiger partial charge in [-0.05, 0) is 36.4 Å². The predicted octanol–water partition coefficient (Wildman–Crippen LogP) is 4.01. The molecule has 1 heterocycles. The molecule has 2 aromatic carbocycles. The second kappa shape index (κ2) is 8.27. The van der Waals surface area contributed by atoms with Gasteiger partial charge >= 0.3 is 5.97 Å². The summed E-state index contributed by atoms with van der Waals surface area (Å²) in [6.45, 7) is 0.340. The molecule has 5 nitrogen and oxygen atoms in total. The average molecular weight is 378 g/mol. The number of carbonyl (C=O) groups excluding carboxylic acids is 2. The number of nitrogens with one attached hydrogen (secondary N) is 1. The summed E-state index contributed by atoms with van der Waals surface area (Å²) in [5.74, 6) is 0.838. The van der Waals surface area contributed by atoms with Gasteiger partial charge in [-0.25, -0.2) is 4.79 Å². The molecule has 0 aromatic heterocycles. The maximum Gasteiger partial charge on any atom is 0.338 e. The molecule has 0 aliphatic carbocycles. The summed E-state index contributed by atoms with van der Waals surface area (Å²) in [5.41, 5.74) is 1.04. The van der Waals surface area contributed by atoms with Crippen LogP contribution in [0.25, 0.3) is 0 Å². The molecule has 2 aromatic rings.